The van der Waals surface area contributed by atoms with E-state index >= 15 is 0 Å². The minimum atomic E-state index is 0.577. The summed E-state index contributed by atoms with van der Waals surface area (Å²) in [6.07, 6.45) is 8.82. The summed E-state index contributed by atoms with van der Waals surface area (Å²) in [5.74, 6) is 1.09. The first-order valence-corrected chi connectivity index (χ1v) is 7.24. The Morgan fingerprint density at radius 3 is 3.16 bits per heavy atom. The molecule has 1 N–H and O–H groups in total. The van der Waals surface area contributed by atoms with E-state index in [1.807, 2.05) is 18.3 Å². The summed E-state index contributed by atoms with van der Waals surface area (Å²) >= 11 is 0. The summed E-state index contributed by atoms with van der Waals surface area (Å²) in [6.45, 7) is 2.19. The van der Waals surface area contributed by atoms with E-state index in [1.54, 1.807) is 6.26 Å². The average Bonchev–Trinajstić information content (AvgIpc) is 2.96. The van der Waals surface area contributed by atoms with Crippen molar-refractivity contribution >= 4 is 16.8 Å². The minimum absolute atomic E-state index is 0.577. The van der Waals surface area contributed by atoms with Gasteiger partial charge in [0.2, 0.25) is 0 Å². The van der Waals surface area contributed by atoms with Gasteiger partial charge in [-0.1, -0.05) is 0 Å². The topological polar surface area (TPSA) is 41.3 Å². The Morgan fingerprint density at radius 1 is 1.32 bits per heavy atom. The molecule has 0 bridgehead atoms. The van der Waals surface area contributed by atoms with Crippen LogP contribution in [0.1, 0.15) is 25.7 Å². The predicted octanol–water partition coefficient (Wildman–Crippen LogP) is 2.55. The number of pyridine rings is 1. The second kappa shape index (κ2) is 4.53. The first-order chi connectivity index (χ1) is 9.42. The van der Waals surface area contributed by atoms with Crippen molar-refractivity contribution < 1.29 is 4.42 Å². The fraction of sp³-hybridized carbons (Fsp3) is 0.533. The van der Waals surface area contributed by atoms with Gasteiger partial charge < -0.3 is 14.6 Å². The van der Waals surface area contributed by atoms with Crippen LogP contribution in [-0.4, -0.2) is 30.2 Å². The molecule has 0 radical (unpaired) electrons. The maximum absolute atomic E-state index is 5.48. The van der Waals surface area contributed by atoms with Crippen LogP contribution in [0.3, 0.4) is 0 Å². The molecule has 0 amide bonds. The molecular weight excluding hydrogens is 238 g/mol. The van der Waals surface area contributed by atoms with Gasteiger partial charge >= 0.3 is 0 Å². The van der Waals surface area contributed by atoms with Crippen LogP contribution in [0.5, 0.6) is 0 Å². The first kappa shape index (κ1) is 11.3. The molecule has 4 nitrogen and oxygen atoms in total. The number of nitrogens with zero attached hydrogens (tertiary/aromatic N) is 2. The Balaban J connectivity index is 1.60. The van der Waals surface area contributed by atoms with Gasteiger partial charge in [-0.15, -0.1) is 0 Å². The van der Waals surface area contributed by atoms with E-state index in [0.717, 1.165) is 35.9 Å². The molecule has 1 aliphatic heterocycles. The van der Waals surface area contributed by atoms with E-state index in [0.29, 0.717) is 6.04 Å². The third kappa shape index (κ3) is 2.10. The Morgan fingerprint density at radius 2 is 2.26 bits per heavy atom. The van der Waals surface area contributed by atoms with Gasteiger partial charge in [0, 0.05) is 31.4 Å². The highest BCUT2D eigenvalue weighted by Crippen LogP contribution is 2.31. The molecule has 1 saturated carbocycles. The van der Waals surface area contributed by atoms with Gasteiger partial charge in [0.25, 0.3) is 0 Å². The molecule has 4 rings (SSSR count). The van der Waals surface area contributed by atoms with Crippen LogP contribution >= 0.6 is 0 Å². The van der Waals surface area contributed by atoms with Crippen LogP contribution < -0.4 is 10.2 Å². The molecule has 1 unspecified atom stereocenters. The monoisotopic (exact) mass is 257 g/mol. The van der Waals surface area contributed by atoms with Crippen molar-refractivity contribution in [2.24, 2.45) is 0 Å². The van der Waals surface area contributed by atoms with Gasteiger partial charge in [-0.3, -0.25) is 0 Å². The Hall–Kier alpha value is -1.55. The molecule has 0 aromatic carbocycles. The van der Waals surface area contributed by atoms with Gasteiger partial charge in [0.05, 0.1) is 11.6 Å². The lowest BCUT2D eigenvalue weighted by Crippen LogP contribution is -2.39. The smallest absolute Gasteiger partial charge is 0.139 e. The van der Waals surface area contributed by atoms with E-state index in [2.05, 4.69) is 15.2 Å². The summed E-state index contributed by atoms with van der Waals surface area (Å²) in [7, 11) is 0. The fourth-order valence-corrected chi connectivity index (χ4v) is 3.03. The SMILES string of the molecule is c1cc2occc2c(N2CCCC2CNC2CC2)n1. The molecule has 19 heavy (non-hydrogen) atoms. The molecule has 2 fully saturated rings. The standard InChI is InChI=1S/C15H19N3O/c1-2-12(10-17-11-3-4-11)18(8-1)15-13-6-9-19-14(13)5-7-16-15/h5-7,9,11-12,17H,1-4,8,10H2. The summed E-state index contributed by atoms with van der Waals surface area (Å²) in [5.41, 5.74) is 0.936. The maximum atomic E-state index is 5.48. The van der Waals surface area contributed by atoms with Gasteiger partial charge in [-0.05, 0) is 37.8 Å². The van der Waals surface area contributed by atoms with Crippen molar-refractivity contribution in [2.45, 2.75) is 37.8 Å². The van der Waals surface area contributed by atoms with E-state index in [4.69, 9.17) is 4.42 Å². The zero-order valence-corrected chi connectivity index (χ0v) is 11.0. The Bertz CT molecular complexity index is 576. The van der Waals surface area contributed by atoms with E-state index in [-0.39, 0.29) is 0 Å². The molecule has 2 aromatic rings. The predicted molar refractivity (Wildman–Crippen MR) is 75.4 cm³/mol. The highest BCUT2D eigenvalue weighted by atomic mass is 16.3. The summed E-state index contributed by atoms with van der Waals surface area (Å²) < 4.78 is 5.48. The number of nitrogens with one attached hydrogen (secondary N) is 1. The zero-order valence-electron chi connectivity index (χ0n) is 11.0. The molecule has 1 aliphatic carbocycles. The zero-order chi connectivity index (χ0) is 12.7. The Labute approximate surface area is 112 Å². The highest BCUT2D eigenvalue weighted by Gasteiger charge is 2.29. The normalized spacial score (nSPS) is 23.4. The lowest BCUT2D eigenvalue weighted by molar-refractivity contribution is 0.569. The first-order valence-electron chi connectivity index (χ1n) is 7.24. The van der Waals surface area contributed by atoms with Crippen LogP contribution in [0.15, 0.2) is 29.0 Å². The quantitative estimate of drug-likeness (QED) is 0.914. The maximum Gasteiger partial charge on any atom is 0.139 e. The molecular formula is C15H19N3O. The number of anilines is 1. The minimum Gasteiger partial charge on any atom is -0.464 e. The van der Waals surface area contributed by atoms with Crippen molar-refractivity contribution in [3.8, 4) is 0 Å². The molecule has 3 heterocycles. The molecule has 1 atom stereocenters. The number of rotatable bonds is 4. The van der Waals surface area contributed by atoms with Crippen LogP contribution in [0, 0.1) is 0 Å². The molecule has 1 saturated heterocycles. The summed E-state index contributed by atoms with van der Waals surface area (Å²) in [6, 6.07) is 5.32. The second-order valence-corrected chi connectivity index (χ2v) is 5.64. The van der Waals surface area contributed by atoms with Gasteiger partial charge in [-0.2, -0.15) is 0 Å². The number of aromatic nitrogens is 1. The summed E-state index contributed by atoms with van der Waals surface area (Å²) in [4.78, 5) is 7.04. The molecule has 4 heteroatoms. The van der Waals surface area contributed by atoms with E-state index in [9.17, 15) is 0 Å². The second-order valence-electron chi connectivity index (χ2n) is 5.64. The van der Waals surface area contributed by atoms with Crippen LogP contribution in [0.4, 0.5) is 5.82 Å². The van der Waals surface area contributed by atoms with Gasteiger partial charge in [-0.25, -0.2) is 4.98 Å². The highest BCUT2D eigenvalue weighted by molar-refractivity contribution is 5.88. The van der Waals surface area contributed by atoms with E-state index < -0.39 is 0 Å². The number of hydrogen-bond acceptors (Lipinski definition) is 4. The van der Waals surface area contributed by atoms with Crippen molar-refractivity contribution in [3.63, 3.8) is 0 Å². The lowest BCUT2D eigenvalue weighted by Gasteiger charge is -2.26. The van der Waals surface area contributed by atoms with Crippen molar-refractivity contribution in [2.75, 3.05) is 18.0 Å². The van der Waals surface area contributed by atoms with Crippen molar-refractivity contribution in [1.82, 2.24) is 10.3 Å². The van der Waals surface area contributed by atoms with Crippen molar-refractivity contribution in [1.29, 1.82) is 0 Å². The Kier molecular flexibility index (Phi) is 2.69. The summed E-state index contributed by atoms with van der Waals surface area (Å²) in [5, 5.41) is 4.79. The third-order valence-electron chi connectivity index (χ3n) is 4.23. The molecule has 2 aliphatic rings. The van der Waals surface area contributed by atoms with E-state index in [1.165, 1.54) is 25.7 Å². The van der Waals surface area contributed by atoms with Crippen LogP contribution in [-0.2, 0) is 0 Å². The molecule has 100 valence electrons. The molecule has 2 aromatic heterocycles. The fourth-order valence-electron chi connectivity index (χ4n) is 3.03. The number of furan rings is 1. The average molecular weight is 257 g/mol. The van der Waals surface area contributed by atoms with Crippen molar-refractivity contribution in [3.05, 3.63) is 24.6 Å². The number of hydrogen-bond donors (Lipinski definition) is 1. The number of fused-ring (bicyclic) bond motifs is 1. The van der Waals surface area contributed by atoms with Crippen LogP contribution in [0.2, 0.25) is 0 Å². The lowest BCUT2D eigenvalue weighted by atomic mass is 10.2. The van der Waals surface area contributed by atoms with Gasteiger partial charge in [0.1, 0.15) is 11.4 Å². The van der Waals surface area contributed by atoms with Crippen LogP contribution in [0.25, 0.3) is 11.0 Å². The third-order valence-corrected chi connectivity index (χ3v) is 4.23. The molecule has 0 spiro atoms. The largest absolute Gasteiger partial charge is 0.464 e. The van der Waals surface area contributed by atoms with Gasteiger partial charge in [0.15, 0.2) is 0 Å².